The predicted octanol–water partition coefficient (Wildman–Crippen LogP) is 2.59. The van der Waals surface area contributed by atoms with Crippen LogP contribution in [0.15, 0.2) is 12.1 Å². The number of nitrogens with one attached hydrogen (secondary N) is 3. The summed E-state index contributed by atoms with van der Waals surface area (Å²) in [6.07, 6.45) is 0.464. The quantitative estimate of drug-likeness (QED) is 0.591. The highest BCUT2D eigenvalue weighted by molar-refractivity contribution is 6.17. The van der Waals surface area contributed by atoms with Crippen molar-refractivity contribution in [2.75, 3.05) is 12.4 Å². The number of rotatable bonds is 3. The second-order valence-corrected chi connectivity index (χ2v) is 6.80. The molecule has 1 atom stereocenters. The zero-order valence-electron chi connectivity index (χ0n) is 13.8. The number of amides is 2. The molecule has 0 aliphatic carbocycles. The molecule has 1 saturated heterocycles. The van der Waals surface area contributed by atoms with E-state index in [-0.39, 0.29) is 29.9 Å². The molecule has 3 N–H and O–H groups in total. The van der Waals surface area contributed by atoms with Crippen molar-refractivity contribution in [3.8, 4) is 0 Å². The Hall–Kier alpha value is -2.24. The number of benzene rings is 1. The van der Waals surface area contributed by atoms with Crippen LogP contribution in [0, 0.1) is 17.1 Å². The molecular formula is C17H22FN3O2. The molecule has 1 heterocycles. The fraction of sp³-hybridized carbons (Fsp3) is 0.471. The topological polar surface area (TPSA) is 82.1 Å². The van der Waals surface area contributed by atoms with Crippen LogP contribution in [0.1, 0.15) is 44.7 Å². The summed E-state index contributed by atoms with van der Waals surface area (Å²) >= 11 is 0. The number of imide groups is 1. The minimum absolute atomic E-state index is 0.0266. The zero-order valence-corrected chi connectivity index (χ0v) is 13.8. The van der Waals surface area contributed by atoms with Gasteiger partial charge < -0.3 is 10.7 Å². The normalized spacial score (nSPS) is 18.6. The number of anilines is 1. The van der Waals surface area contributed by atoms with Crippen LogP contribution < -0.4 is 10.6 Å². The average Bonchev–Trinajstić information content (AvgIpc) is 2.45. The smallest absolute Gasteiger partial charge is 0.235 e. The van der Waals surface area contributed by atoms with Gasteiger partial charge in [0, 0.05) is 24.7 Å². The summed E-state index contributed by atoms with van der Waals surface area (Å²) in [5, 5.41) is 13.5. The van der Waals surface area contributed by atoms with Gasteiger partial charge in [-0.05, 0) is 29.5 Å². The fourth-order valence-corrected chi connectivity index (χ4v) is 2.73. The molecule has 2 amide bonds. The molecule has 1 aliphatic rings. The SMILES string of the molecule is CNc1cc(C(C)(C)C)c(F)cc1C(=N)C1CCC(=O)NC1=O. The minimum Gasteiger partial charge on any atom is -0.388 e. The number of hydrogen-bond acceptors (Lipinski definition) is 4. The van der Waals surface area contributed by atoms with Crippen LogP contribution in [0.5, 0.6) is 0 Å². The average molecular weight is 319 g/mol. The third-order valence-corrected chi connectivity index (χ3v) is 4.06. The van der Waals surface area contributed by atoms with Gasteiger partial charge >= 0.3 is 0 Å². The maximum atomic E-state index is 14.5. The molecule has 1 aromatic rings. The molecule has 124 valence electrons. The van der Waals surface area contributed by atoms with Crippen molar-refractivity contribution < 1.29 is 14.0 Å². The summed E-state index contributed by atoms with van der Waals surface area (Å²) < 4.78 is 14.5. The molecule has 1 aromatic carbocycles. The van der Waals surface area contributed by atoms with Gasteiger partial charge in [-0.2, -0.15) is 0 Å². The Kier molecular flexibility index (Phi) is 4.54. The minimum atomic E-state index is -0.736. The predicted molar refractivity (Wildman–Crippen MR) is 87.3 cm³/mol. The van der Waals surface area contributed by atoms with Crippen molar-refractivity contribution in [3.05, 3.63) is 29.1 Å². The summed E-state index contributed by atoms with van der Waals surface area (Å²) in [5.74, 6) is -1.96. The zero-order chi connectivity index (χ0) is 17.4. The van der Waals surface area contributed by atoms with Gasteiger partial charge in [0.2, 0.25) is 11.8 Å². The first kappa shape index (κ1) is 17.1. The van der Waals surface area contributed by atoms with Crippen LogP contribution in [0.2, 0.25) is 0 Å². The van der Waals surface area contributed by atoms with E-state index in [1.807, 2.05) is 20.8 Å². The molecule has 1 fully saturated rings. The lowest BCUT2D eigenvalue weighted by Gasteiger charge is -2.25. The Labute approximate surface area is 135 Å². The maximum absolute atomic E-state index is 14.5. The van der Waals surface area contributed by atoms with Gasteiger partial charge in [-0.25, -0.2) is 4.39 Å². The maximum Gasteiger partial charge on any atom is 0.235 e. The highest BCUT2D eigenvalue weighted by Gasteiger charge is 2.32. The van der Waals surface area contributed by atoms with Crippen LogP contribution in [0.4, 0.5) is 10.1 Å². The van der Waals surface area contributed by atoms with Crippen LogP contribution in [0.3, 0.4) is 0 Å². The number of piperidine rings is 1. The van der Waals surface area contributed by atoms with Crippen LogP contribution in [-0.2, 0) is 15.0 Å². The van der Waals surface area contributed by atoms with Crippen molar-refractivity contribution in [1.82, 2.24) is 5.32 Å². The summed E-state index contributed by atoms with van der Waals surface area (Å²) in [7, 11) is 1.70. The summed E-state index contributed by atoms with van der Waals surface area (Å²) in [6, 6.07) is 2.99. The molecule has 0 spiro atoms. The molecule has 0 radical (unpaired) electrons. The number of carbonyl (C=O) groups is 2. The molecule has 2 rings (SSSR count). The van der Waals surface area contributed by atoms with Crippen LogP contribution in [-0.4, -0.2) is 24.6 Å². The molecule has 0 saturated carbocycles. The van der Waals surface area contributed by atoms with Gasteiger partial charge in [-0.1, -0.05) is 20.8 Å². The second-order valence-electron chi connectivity index (χ2n) is 6.80. The van der Waals surface area contributed by atoms with Crippen molar-refractivity contribution >= 4 is 23.2 Å². The van der Waals surface area contributed by atoms with E-state index in [4.69, 9.17) is 5.41 Å². The van der Waals surface area contributed by atoms with Gasteiger partial charge in [0.05, 0.1) is 11.6 Å². The highest BCUT2D eigenvalue weighted by Crippen LogP contribution is 2.32. The van der Waals surface area contributed by atoms with Gasteiger partial charge in [0.1, 0.15) is 5.82 Å². The van der Waals surface area contributed by atoms with Gasteiger partial charge in [0.15, 0.2) is 0 Å². The van der Waals surface area contributed by atoms with E-state index in [0.717, 1.165) is 0 Å². The molecular weight excluding hydrogens is 297 g/mol. The van der Waals surface area contributed by atoms with Crippen LogP contribution in [0.25, 0.3) is 0 Å². The number of hydrogen-bond donors (Lipinski definition) is 3. The molecule has 6 heteroatoms. The summed E-state index contributed by atoms with van der Waals surface area (Å²) in [5.41, 5.74) is 1.16. The van der Waals surface area contributed by atoms with Gasteiger partial charge in [0.25, 0.3) is 0 Å². The monoisotopic (exact) mass is 319 g/mol. The molecule has 0 bridgehead atoms. The number of halogens is 1. The fourth-order valence-electron chi connectivity index (χ4n) is 2.73. The Morgan fingerprint density at radius 2 is 2.00 bits per heavy atom. The molecule has 1 aliphatic heterocycles. The van der Waals surface area contributed by atoms with E-state index in [1.54, 1.807) is 13.1 Å². The van der Waals surface area contributed by atoms with E-state index >= 15 is 0 Å². The Morgan fingerprint density at radius 3 is 2.52 bits per heavy atom. The van der Waals surface area contributed by atoms with E-state index in [0.29, 0.717) is 16.8 Å². The standard InChI is InChI=1S/C17H22FN3O2/c1-17(2,3)11-8-13(20-4)10(7-12(11)18)15(19)9-5-6-14(22)21-16(9)23/h7-9,19-20H,5-6H2,1-4H3,(H,21,22,23). The van der Waals surface area contributed by atoms with Gasteiger partial charge in [-0.3, -0.25) is 14.9 Å². The first-order chi connectivity index (χ1) is 10.6. The third-order valence-electron chi connectivity index (χ3n) is 4.06. The third kappa shape index (κ3) is 3.41. The Balaban J connectivity index is 2.43. The molecule has 5 nitrogen and oxygen atoms in total. The van der Waals surface area contributed by atoms with E-state index in [1.165, 1.54) is 6.07 Å². The lowest BCUT2D eigenvalue weighted by molar-refractivity contribution is -0.134. The Morgan fingerprint density at radius 1 is 1.35 bits per heavy atom. The number of carbonyl (C=O) groups excluding carboxylic acids is 2. The Bertz CT molecular complexity index is 677. The molecule has 23 heavy (non-hydrogen) atoms. The summed E-state index contributed by atoms with van der Waals surface area (Å²) in [6.45, 7) is 5.74. The largest absolute Gasteiger partial charge is 0.388 e. The summed E-state index contributed by atoms with van der Waals surface area (Å²) in [4.78, 5) is 23.2. The molecule has 1 unspecified atom stereocenters. The molecule has 0 aromatic heterocycles. The van der Waals surface area contributed by atoms with Crippen molar-refractivity contribution in [2.45, 2.75) is 39.0 Å². The lowest BCUT2D eigenvalue weighted by Crippen LogP contribution is -2.44. The van der Waals surface area contributed by atoms with Crippen molar-refractivity contribution in [2.24, 2.45) is 5.92 Å². The van der Waals surface area contributed by atoms with E-state index in [9.17, 15) is 14.0 Å². The van der Waals surface area contributed by atoms with Gasteiger partial charge in [-0.15, -0.1) is 0 Å². The van der Waals surface area contributed by atoms with Crippen molar-refractivity contribution in [3.63, 3.8) is 0 Å². The second kappa shape index (κ2) is 6.10. The first-order valence-electron chi connectivity index (χ1n) is 7.59. The van der Waals surface area contributed by atoms with Crippen LogP contribution >= 0.6 is 0 Å². The first-order valence-corrected chi connectivity index (χ1v) is 7.59. The van der Waals surface area contributed by atoms with E-state index in [2.05, 4.69) is 10.6 Å². The van der Waals surface area contributed by atoms with E-state index < -0.39 is 17.6 Å². The highest BCUT2D eigenvalue weighted by atomic mass is 19.1. The van der Waals surface area contributed by atoms with Crippen molar-refractivity contribution in [1.29, 1.82) is 5.41 Å². The lowest BCUT2D eigenvalue weighted by atomic mass is 9.83.